The number of allylic oxidation sites excluding steroid dienone is 1. The van der Waals surface area contributed by atoms with Gasteiger partial charge in [0.2, 0.25) is 0 Å². The lowest BCUT2D eigenvalue weighted by molar-refractivity contribution is -0.384. The molecule has 16 nitrogen and oxygen atoms in total. The SMILES string of the molecule is C=C(C)c1ccccc1C1CCCN1C1CC2(CCN(c3ccc(C(=O)NS(=O)(=O)c4cc5c(c([N+](=O)[O-])c4)NC(CN4CCN(C)CC4)CO5)c(Oc4cnc5[nH]ccc5c4)c3)CC2)C1. The molecule has 3 N–H and O–H groups in total. The van der Waals surface area contributed by atoms with Crippen molar-refractivity contribution in [2.75, 3.05) is 76.2 Å². The number of hydrogen-bond donors (Lipinski definition) is 3. The van der Waals surface area contributed by atoms with Crippen LogP contribution in [0.1, 0.15) is 73.0 Å². The van der Waals surface area contributed by atoms with Crippen LogP contribution in [-0.4, -0.2) is 122 Å². The van der Waals surface area contributed by atoms with E-state index in [-0.39, 0.29) is 40.8 Å². The minimum absolute atomic E-state index is 0.0259. The standard InChI is InChI=1S/C49H57N9O7S/c1-32(2)39-7-4-5-8-40(39)42-9-6-16-57(42)36-27-49(28-36)13-17-56(18-14-49)35-10-11-41(44(24-35)65-37-23-33-12-15-50-47(33)51-29-37)48(59)53-66(62,63)38-25-43(58(60)61)46-45(26-38)64-31-34(52-46)30-55-21-19-54(3)20-22-55/h4-5,7-8,10-12,15,23-26,29,34,36,42,52H,1,6,9,13-14,16-22,27-28,30-31H2,2-3H3,(H,50,51)(H,53,59). The van der Waals surface area contributed by atoms with E-state index in [1.54, 1.807) is 30.6 Å². The molecule has 2 atom stereocenters. The van der Waals surface area contributed by atoms with E-state index in [0.29, 0.717) is 30.0 Å². The number of sulfonamides is 1. The largest absolute Gasteiger partial charge is 0.489 e. The number of rotatable bonds is 12. The number of likely N-dealkylation sites (N-methyl/N-ethyl adjacent to an activating group) is 1. The van der Waals surface area contributed by atoms with E-state index in [1.165, 1.54) is 42.9 Å². The van der Waals surface area contributed by atoms with Crippen LogP contribution in [0.2, 0.25) is 0 Å². The predicted octanol–water partition coefficient (Wildman–Crippen LogP) is 7.42. The van der Waals surface area contributed by atoms with Crippen molar-refractivity contribution in [2.45, 2.75) is 68.5 Å². The van der Waals surface area contributed by atoms with E-state index >= 15 is 0 Å². The Morgan fingerprint density at radius 1 is 1.02 bits per heavy atom. The summed E-state index contributed by atoms with van der Waals surface area (Å²) in [5, 5.41) is 16.4. The molecule has 2 unspecified atom stereocenters. The summed E-state index contributed by atoms with van der Waals surface area (Å²) in [6.07, 6.45) is 10.1. The van der Waals surface area contributed by atoms with Crippen LogP contribution in [0.3, 0.4) is 0 Å². The zero-order chi connectivity index (χ0) is 45.7. The molecule has 5 aliphatic rings. The smallest absolute Gasteiger partial charge is 0.297 e. The first-order valence-electron chi connectivity index (χ1n) is 23.0. The number of anilines is 2. The predicted molar refractivity (Wildman–Crippen MR) is 254 cm³/mol. The lowest BCUT2D eigenvalue weighted by atomic mass is 9.59. The van der Waals surface area contributed by atoms with E-state index in [0.717, 1.165) is 81.4 Å². The first-order valence-corrected chi connectivity index (χ1v) is 24.5. The number of nitrogens with one attached hydrogen (secondary N) is 3. The van der Waals surface area contributed by atoms with Crippen molar-refractivity contribution in [3.63, 3.8) is 0 Å². The van der Waals surface area contributed by atoms with Gasteiger partial charge >= 0.3 is 0 Å². The third-order valence-electron chi connectivity index (χ3n) is 14.5. The Kier molecular flexibility index (Phi) is 11.7. The van der Waals surface area contributed by atoms with Gasteiger partial charge in [-0.1, -0.05) is 36.4 Å². The Labute approximate surface area is 385 Å². The molecule has 5 aromatic rings. The maximum Gasteiger partial charge on any atom is 0.297 e. The van der Waals surface area contributed by atoms with Gasteiger partial charge in [0, 0.05) is 93.4 Å². The van der Waals surface area contributed by atoms with Crippen LogP contribution in [0.5, 0.6) is 17.2 Å². The van der Waals surface area contributed by atoms with Gasteiger partial charge in [0.25, 0.3) is 21.6 Å². The fraction of sp³-hybridized carbons (Fsp3) is 0.429. The second-order valence-corrected chi connectivity index (χ2v) is 20.6. The number of H-pyrrole nitrogens is 1. The summed E-state index contributed by atoms with van der Waals surface area (Å²) < 4.78 is 42.4. The fourth-order valence-corrected chi connectivity index (χ4v) is 11.9. The zero-order valence-corrected chi connectivity index (χ0v) is 38.3. The Morgan fingerprint density at radius 2 is 1.80 bits per heavy atom. The lowest BCUT2D eigenvalue weighted by Crippen LogP contribution is -2.54. The van der Waals surface area contributed by atoms with E-state index in [2.05, 4.69) is 84.4 Å². The maximum atomic E-state index is 14.1. The van der Waals surface area contributed by atoms with Gasteiger partial charge < -0.3 is 29.6 Å². The number of nitro benzene ring substituents is 1. The highest BCUT2D eigenvalue weighted by Gasteiger charge is 2.50. The molecule has 3 saturated heterocycles. The molecule has 66 heavy (non-hydrogen) atoms. The molecule has 1 saturated carbocycles. The summed E-state index contributed by atoms with van der Waals surface area (Å²) in [7, 11) is -2.57. The van der Waals surface area contributed by atoms with Crippen molar-refractivity contribution in [1.29, 1.82) is 0 Å². The first kappa shape index (κ1) is 43.9. The van der Waals surface area contributed by atoms with Crippen molar-refractivity contribution < 1.29 is 27.6 Å². The number of hydrogen-bond acceptors (Lipinski definition) is 13. The summed E-state index contributed by atoms with van der Waals surface area (Å²) in [6.45, 7) is 13.5. The molecule has 4 aliphatic heterocycles. The normalized spacial score (nSPS) is 21.5. The van der Waals surface area contributed by atoms with Crippen molar-refractivity contribution in [2.24, 2.45) is 5.41 Å². The highest BCUT2D eigenvalue weighted by Crippen LogP contribution is 2.54. The van der Waals surface area contributed by atoms with Crippen LogP contribution in [0, 0.1) is 15.5 Å². The van der Waals surface area contributed by atoms with Gasteiger partial charge in [-0.05, 0) is 99.8 Å². The molecule has 0 bridgehead atoms. The Balaban J connectivity index is 0.849. The number of nitro groups is 1. The number of amides is 1. The molecule has 1 aliphatic carbocycles. The third kappa shape index (κ3) is 8.72. The monoisotopic (exact) mass is 915 g/mol. The number of aromatic amines is 1. The molecular formula is C49H57N9O7S. The van der Waals surface area contributed by atoms with Crippen LogP contribution >= 0.6 is 0 Å². The zero-order valence-electron chi connectivity index (χ0n) is 37.5. The molecule has 1 amide bonds. The number of ether oxygens (including phenoxy) is 2. The average Bonchev–Trinajstić information content (AvgIpc) is 3.99. The Hall–Kier alpha value is -6.01. The van der Waals surface area contributed by atoms with Gasteiger partial charge in [-0.3, -0.25) is 24.7 Å². The fourth-order valence-electron chi connectivity index (χ4n) is 10.9. The number of pyridine rings is 1. The van der Waals surface area contributed by atoms with Crippen LogP contribution in [0.4, 0.5) is 17.1 Å². The van der Waals surface area contributed by atoms with Gasteiger partial charge in [0.05, 0.1) is 27.6 Å². The van der Waals surface area contributed by atoms with Crippen molar-refractivity contribution in [1.82, 2.24) is 29.4 Å². The molecule has 6 heterocycles. The summed E-state index contributed by atoms with van der Waals surface area (Å²) in [5.74, 6) is -0.423. The number of piperidine rings is 1. The quantitative estimate of drug-likeness (QED) is 0.0833. The Morgan fingerprint density at radius 3 is 2.58 bits per heavy atom. The second-order valence-electron chi connectivity index (χ2n) is 18.9. The molecular weight excluding hydrogens is 859 g/mol. The minimum Gasteiger partial charge on any atom is -0.489 e. The Bertz CT molecular complexity index is 2790. The molecule has 346 valence electrons. The average molecular weight is 916 g/mol. The summed E-state index contributed by atoms with van der Waals surface area (Å²) >= 11 is 0. The van der Waals surface area contributed by atoms with Gasteiger partial charge in [-0.25, -0.2) is 18.1 Å². The number of nitrogens with zero attached hydrogens (tertiary/aromatic N) is 6. The number of aromatic nitrogens is 2. The van der Waals surface area contributed by atoms with Crippen LogP contribution < -0.4 is 24.4 Å². The molecule has 10 rings (SSSR count). The summed E-state index contributed by atoms with van der Waals surface area (Å²) in [5.41, 5.74) is 5.19. The molecule has 17 heteroatoms. The van der Waals surface area contributed by atoms with Crippen molar-refractivity contribution in [3.8, 4) is 17.2 Å². The molecule has 0 radical (unpaired) electrons. The van der Waals surface area contributed by atoms with E-state index in [4.69, 9.17) is 9.47 Å². The number of benzene rings is 3. The van der Waals surface area contributed by atoms with E-state index < -0.39 is 31.4 Å². The molecule has 2 aromatic heterocycles. The first-order chi connectivity index (χ1) is 31.8. The van der Waals surface area contributed by atoms with Gasteiger partial charge in [0.15, 0.2) is 11.4 Å². The summed E-state index contributed by atoms with van der Waals surface area (Å²) in [6, 6.07) is 20.5. The van der Waals surface area contributed by atoms with Crippen LogP contribution in [0.25, 0.3) is 16.6 Å². The van der Waals surface area contributed by atoms with Crippen molar-refractivity contribution >= 4 is 49.6 Å². The van der Waals surface area contributed by atoms with Crippen LogP contribution in [0.15, 0.2) is 90.6 Å². The van der Waals surface area contributed by atoms with E-state index in [1.807, 2.05) is 12.1 Å². The highest BCUT2D eigenvalue weighted by atomic mass is 32.2. The van der Waals surface area contributed by atoms with Crippen LogP contribution in [-0.2, 0) is 10.0 Å². The number of fused-ring (bicyclic) bond motifs is 2. The molecule has 1 spiro atoms. The molecule has 4 fully saturated rings. The second kappa shape index (κ2) is 17.7. The van der Waals surface area contributed by atoms with E-state index in [9.17, 15) is 23.3 Å². The number of carbonyl (C=O) groups excluding carboxylic acids is 1. The molecule has 3 aromatic carbocycles. The number of likely N-dealkylation sites (tertiary alicyclic amines) is 1. The highest BCUT2D eigenvalue weighted by molar-refractivity contribution is 7.90. The lowest BCUT2D eigenvalue weighted by Gasteiger charge is -2.56. The van der Waals surface area contributed by atoms with Gasteiger partial charge in [0.1, 0.15) is 23.8 Å². The van der Waals surface area contributed by atoms with Crippen molar-refractivity contribution in [3.05, 3.63) is 113 Å². The summed E-state index contributed by atoms with van der Waals surface area (Å²) in [4.78, 5) is 42.4. The number of piperazine rings is 1. The van der Waals surface area contributed by atoms with Gasteiger partial charge in [-0.15, -0.1) is 0 Å². The minimum atomic E-state index is -4.64. The number of carbonyl (C=O) groups is 1. The third-order valence-corrected chi connectivity index (χ3v) is 15.8. The topological polar surface area (TPSA) is 179 Å². The van der Waals surface area contributed by atoms with Gasteiger partial charge in [-0.2, -0.15) is 0 Å². The maximum absolute atomic E-state index is 14.1.